The number of aliphatic hydroxyl groups is 1. The van der Waals surface area contributed by atoms with Gasteiger partial charge in [-0.2, -0.15) is 0 Å². The van der Waals surface area contributed by atoms with Crippen molar-refractivity contribution in [3.63, 3.8) is 0 Å². The van der Waals surface area contributed by atoms with Gasteiger partial charge in [-0.3, -0.25) is 0 Å². The molecule has 1 aliphatic heterocycles. The number of carboxylic acid groups (broad SMARTS) is 1. The average Bonchev–Trinajstić information content (AvgIpc) is 2.02. The molecule has 0 aromatic rings. The van der Waals surface area contributed by atoms with Crippen molar-refractivity contribution >= 4 is 15.8 Å². The molecule has 0 amide bonds. The van der Waals surface area contributed by atoms with Gasteiger partial charge in [-0.1, -0.05) is 0 Å². The SMILES string of the molecule is CC(O)(C(=O)O)C1CCCS(=O)(=O)C1. The molecule has 2 unspecified atom stereocenters. The third kappa shape index (κ3) is 2.24. The summed E-state index contributed by atoms with van der Waals surface area (Å²) in [5.41, 5.74) is -1.94. The topological polar surface area (TPSA) is 91.7 Å². The summed E-state index contributed by atoms with van der Waals surface area (Å²) in [6, 6.07) is 0. The zero-order valence-corrected chi connectivity index (χ0v) is 8.75. The summed E-state index contributed by atoms with van der Waals surface area (Å²) in [6.07, 6.45) is 0.870. The molecule has 14 heavy (non-hydrogen) atoms. The average molecular weight is 222 g/mol. The maximum absolute atomic E-state index is 11.2. The number of aliphatic carboxylic acids is 1. The zero-order valence-electron chi connectivity index (χ0n) is 7.93. The molecule has 0 bridgehead atoms. The summed E-state index contributed by atoms with van der Waals surface area (Å²) in [4.78, 5) is 10.7. The van der Waals surface area contributed by atoms with Crippen molar-refractivity contribution in [2.24, 2.45) is 5.92 Å². The van der Waals surface area contributed by atoms with E-state index in [1.54, 1.807) is 0 Å². The van der Waals surface area contributed by atoms with Gasteiger partial charge in [0, 0.05) is 5.92 Å². The van der Waals surface area contributed by atoms with Crippen LogP contribution in [0.1, 0.15) is 19.8 Å². The lowest BCUT2D eigenvalue weighted by molar-refractivity contribution is -0.161. The molecular formula is C8H14O5S. The number of carboxylic acids is 1. The van der Waals surface area contributed by atoms with Crippen molar-refractivity contribution in [2.75, 3.05) is 11.5 Å². The van der Waals surface area contributed by atoms with Crippen molar-refractivity contribution in [2.45, 2.75) is 25.4 Å². The molecule has 5 nitrogen and oxygen atoms in total. The first-order chi connectivity index (χ1) is 6.26. The molecule has 0 aromatic heterocycles. The van der Waals surface area contributed by atoms with E-state index in [0.717, 1.165) is 6.92 Å². The number of carbonyl (C=O) groups is 1. The first kappa shape index (κ1) is 11.5. The number of sulfone groups is 1. The lowest BCUT2D eigenvalue weighted by Crippen LogP contribution is -2.47. The fourth-order valence-electron chi connectivity index (χ4n) is 1.64. The van der Waals surface area contributed by atoms with Crippen LogP contribution in [0.25, 0.3) is 0 Å². The highest BCUT2D eigenvalue weighted by atomic mass is 32.2. The molecule has 82 valence electrons. The quantitative estimate of drug-likeness (QED) is 0.666. The summed E-state index contributed by atoms with van der Waals surface area (Å²) in [7, 11) is -3.17. The lowest BCUT2D eigenvalue weighted by Gasteiger charge is -2.31. The summed E-state index contributed by atoms with van der Waals surface area (Å²) < 4.78 is 22.5. The first-order valence-electron chi connectivity index (χ1n) is 4.42. The molecule has 0 spiro atoms. The molecule has 1 aliphatic rings. The molecule has 0 radical (unpaired) electrons. The van der Waals surface area contributed by atoms with Gasteiger partial charge in [0.05, 0.1) is 11.5 Å². The van der Waals surface area contributed by atoms with Gasteiger partial charge in [0.1, 0.15) is 0 Å². The van der Waals surface area contributed by atoms with Gasteiger partial charge < -0.3 is 10.2 Å². The van der Waals surface area contributed by atoms with Gasteiger partial charge in [-0.15, -0.1) is 0 Å². The van der Waals surface area contributed by atoms with Gasteiger partial charge in [0.15, 0.2) is 15.4 Å². The Hall–Kier alpha value is -0.620. The van der Waals surface area contributed by atoms with Crippen LogP contribution in [0.5, 0.6) is 0 Å². The summed E-state index contributed by atoms with van der Waals surface area (Å²) >= 11 is 0. The van der Waals surface area contributed by atoms with Gasteiger partial charge >= 0.3 is 5.97 Å². The van der Waals surface area contributed by atoms with Crippen LogP contribution >= 0.6 is 0 Å². The highest BCUT2D eigenvalue weighted by molar-refractivity contribution is 7.91. The third-order valence-electron chi connectivity index (χ3n) is 2.69. The van der Waals surface area contributed by atoms with E-state index in [1.807, 2.05) is 0 Å². The fraction of sp³-hybridized carbons (Fsp3) is 0.875. The van der Waals surface area contributed by atoms with E-state index in [4.69, 9.17) is 5.11 Å². The van der Waals surface area contributed by atoms with Crippen molar-refractivity contribution < 1.29 is 23.4 Å². The largest absolute Gasteiger partial charge is 0.479 e. The Morgan fingerprint density at radius 1 is 1.50 bits per heavy atom. The molecule has 2 atom stereocenters. The monoisotopic (exact) mass is 222 g/mol. The van der Waals surface area contributed by atoms with Gasteiger partial charge in [0.2, 0.25) is 0 Å². The van der Waals surface area contributed by atoms with Crippen molar-refractivity contribution in [1.29, 1.82) is 0 Å². The van der Waals surface area contributed by atoms with Crippen LogP contribution < -0.4 is 0 Å². The Morgan fingerprint density at radius 2 is 2.07 bits per heavy atom. The Kier molecular flexibility index (Phi) is 2.87. The lowest BCUT2D eigenvalue weighted by atomic mass is 9.87. The molecule has 0 saturated carbocycles. The van der Waals surface area contributed by atoms with Gasteiger partial charge in [-0.25, -0.2) is 13.2 Å². The van der Waals surface area contributed by atoms with Gasteiger partial charge in [-0.05, 0) is 19.8 Å². The van der Waals surface area contributed by atoms with Crippen molar-refractivity contribution in [1.82, 2.24) is 0 Å². The standard InChI is InChI=1S/C8H14O5S/c1-8(11,7(9)10)6-3-2-4-14(12,13)5-6/h6,11H,2-5H2,1H3,(H,9,10). The Labute approximate surface area is 82.7 Å². The third-order valence-corrected chi connectivity index (χ3v) is 4.51. The fourth-order valence-corrected chi connectivity index (χ4v) is 3.52. The smallest absolute Gasteiger partial charge is 0.335 e. The Balaban J connectivity index is 2.84. The first-order valence-corrected chi connectivity index (χ1v) is 6.24. The van der Waals surface area contributed by atoms with Crippen molar-refractivity contribution in [3.05, 3.63) is 0 Å². The highest BCUT2D eigenvalue weighted by Gasteiger charge is 2.43. The van der Waals surface area contributed by atoms with E-state index >= 15 is 0 Å². The second-order valence-corrected chi connectivity index (χ2v) is 6.13. The second-order valence-electron chi connectivity index (χ2n) is 3.91. The van der Waals surface area contributed by atoms with E-state index in [0.29, 0.717) is 12.8 Å². The minimum atomic E-state index is -3.17. The molecule has 6 heteroatoms. The van der Waals surface area contributed by atoms with Crippen LogP contribution in [-0.4, -0.2) is 41.7 Å². The summed E-state index contributed by atoms with van der Waals surface area (Å²) in [5.74, 6) is -2.19. The van der Waals surface area contributed by atoms with E-state index < -0.39 is 27.3 Å². The Morgan fingerprint density at radius 3 is 2.50 bits per heavy atom. The molecule has 2 N–H and O–H groups in total. The van der Waals surface area contributed by atoms with Crippen LogP contribution in [0.4, 0.5) is 0 Å². The summed E-state index contributed by atoms with van der Waals surface area (Å²) in [5, 5.41) is 18.3. The highest BCUT2D eigenvalue weighted by Crippen LogP contribution is 2.28. The molecular weight excluding hydrogens is 208 g/mol. The molecule has 1 rings (SSSR count). The minimum Gasteiger partial charge on any atom is -0.479 e. The van der Waals surface area contributed by atoms with Crippen molar-refractivity contribution in [3.8, 4) is 0 Å². The normalized spacial score (nSPS) is 30.6. The molecule has 1 saturated heterocycles. The van der Waals surface area contributed by atoms with Crippen LogP contribution in [-0.2, 0) is 14.6 Å². The van der Waals surface area contributed by atoms with E-state index in [1.165, 1.54) is 0 Å². The van der Waals surface area contributed by atoms with Crippen LogP contribution in [0.3, 0.4) is 0 Å². The van der Waals surface area contributed by atoms with E-state index in [2.05, 4.69) is 0 Å². The van der Waals surface area contributed by atoms with Crippen LogP contribution in [0, 0.1) is 5.92 Å². The maximum Gasteiger partial charge on any atom is 0.335 e. The number of hydrogen-bond donors (Lipinski definition) is 2. The molecule has 0 aliphatic carbocycles. The van der Waals surface area contributed by atoms with Gasteiger partial charge in [0.25, 0.3) is 0 Å². The van der Waals surface area contributed by atoms with E-state index in [-0.39, 0.29) is 11.5 Å². The Bertz CT molecular complexity index is 330. The van der Waals surface area contributed by atoms with Crippen LogP contribution in [0.2, 0.25) is 0 Å². The zero-order chi connectivity index (χ0) is 11.0. The predicted molar refractivity (Wildman–Crippen MR) is 49.6 cm³/mol. The van der Waals surface area contributed by atoms with E-state index in [9.17, 15) is 18.3 Å². The number of rotatable bonds is 2. The minimum absolute atomic E-state index is 0.0964. The molecule has 1 heterocycles. The predicted octanol–water partition coefficient (Wildman–Crippen LogP) is -0.353. The maximum atomic E-state index is 11.2. The molecule has 1 fully saturated rings. The second kappa shape index (κ2) is 3.51. The van der Waals surface area contributed by atoms with Crippen LogP contribution in [0.15, 0.2) is 0 Å². The summed E-state index contributed by atoms with van der Waals surface area (Å²) in [6.45, 7) is 1.15. The molecule has 0 aromatic carbocycles. The number of hydrogen-bond acceptors (Lipinski definition) is 4.